The minimum Gasteiger partial charge on any atom is -0.309 e. The van der Waals surface area contributed by atoms with Gasteiger partial charge in [-0.3, -0.25) is 4.68 Å². The second-order valence-corrected chi connectivity index (χ2v) is 6.07. The molecular formula is C14H20ClN3S. The molecule has 0 aliphatic heterocycles. The number of nitrogens with zero attached hydrogens (tertiary/aromatic N) is 2. The van der Waals surface area contributed by atoms with Crippen LogP contribution in [-0.2, 0) is 13.5 Å². The van der Waals surface area contributed by atoms with Gasteiger partial charge in [-0.15, -0.1) is 11.3 Å². The molecular weight excluding hydrogens is 278 g/mol. The van der Waals surface area contributed by atoms with E-state index in [1.165, 1.54) is 10.4 Å². The Hall–Kier alpha value is -0.840. The molecule has 0 amide bonds. The summed E-state index contributed by atoms with van der Waals surface area (Å²) < 4.78 is 1.75. The summed E-state index contributed by atoms with van der Waals surface area (Å²) in [5.74, 6) is 0. The summed E-state index contributed by atoms with van der Waals surface area (Å²) in [7, 11) is 1.89. The van der Waals surface area contributed by atoms with E-state index in [4.69, 9.17) is 11.6 Å². The first-order chi connectivity index (χ1) is 9.04. The van der Waals surface area contributed by atoms with Crippen LogP contribution in [0.15, 0.2) is 11.4 Å². The average Bonchev–Trinajstić information content (AvgIpc) is 2.88. The Morgan fingerprint density at radius 2 is 2.21 bits per heavy atom. The number of rotatable bonds is 5. The summed E-state index contributed by atoms with van der Waals surface area (Å²) in [6.45, 7) is 7.26. The van der Waals surface area contributed by atoms with Crippen LogP contribution >= 0.6 is 22.9 Å². The molecule has 0 saturated carbocycles. The zero-order valence-electron chi connectivity index (χ0n) is 11.8. The molecule has 1 atom stereocenters. The summed E-state index contributed by atoms with van der Waals surface area (Å²) in [5, 5.41) is 10.8. The van der Waals surface area contributed by atoms with Crippen molar-refractivity contribution < 1.29 is 0 Å². The molecule has 19 heavy (non-hydrogen) atoms. The van der Waals surface area contributed by atoms with E-state index in [1.54, 1.807) is 16.0 Å². The van der Waals surface area contributed by atoms with Gasteiger partial charge in [0.15, 0.2) is 0 Å². The molecule has 2 rings (SSSR count). The lowest BCUT2D eigenvalue weighted by atomic mass is 10.0. The topological polar surface area (TPSA) is 29.9 Å². The van der Waals surface area contributed by atoms with Crippen molar-refractivity contribution in [3.63, 3.8) is 0 Å². The molecule has 0 aromatic carbocycles. The quantitative estimate of drug-likeness (QED) is 0.913. The van der Waals surface area contributed by atoms with Crippen LogP contribution in [0.4, 0.5) is 0 Å². The lowest BCUT2D eigenvalue weighted by Crippen LogP contribution is -2.23. The molecule has 1 unspecified atom stereocenters. The SMILES string of the molecule is CCNC(Cc1c(C)nn(C)c1Cl)c1sccc1C. The maximum Gasteiger partial charge on any atom is 0.130 e. The van der Waals surface area contributed by atoms with Crippen LogP contribution in [0.5, 0.6) is 0 Å². The Bertz CT molecular complexity index is 559. The Morgan fingerprint density at radius 1 is 1.47 bits per heavy atom. The summed E-state index contributed by atoms with van der Waals surface area (Å²) in [4.78, 5) is 1.39. The highest BCUT2D eigenvalue weighted by Gasteiger charge is 2.20. The van der Waals surface area contributed by atoms with Crippen molar-refractivity contribution in [2.24, 2.45) is 7.05 Å². The molecule has 3 nitrogen and oxygen atoms in total. The van der Waals surface area contributed by atoms with Gasteiger partial charge in [-0.2, -0.15) is 5.10 Å². The number of aromatic nitrogens is 2. The van der Waals surface area contributed by atoms with Crippen molar-refractivity contribution in [3.8, 4) is 0 Å². The molecule has 2 aromatic rings. The van der Waals surface area contributed by atoms with Crippen LogP contribution in [0.1, 0.15) is 34.7 Å². The number of aryl methyl sites for hydroxylation is 3. The summed E-state index contributed by atoms with van der Waals surface area (Å²) in [6.07, 6.45) is 0.883. The van der Waals surface area contributed by atoms with E-state index >= 15 is 0 Å². The second-order valence-electron chi connectivity index (χ2n) is 4.76. The number of hydrogen-bond donors (Lipinski definition) is 1. The fourth-order valence-corrected chi connectivity index (χ4v) is 3.61. The molecule has 2 aromatic heterocycles. The highest BCUT2D eigenvalue weighted by atomic mass is 35.5. The van der Waals surface area contributed by atoms with Crippen molar-refractivity contribution in [2.75, 3.05) is 6.54 Å². The summed E-state index contributed by atoms with van der Waals surface area (Å²) in [5.41, 5.74) is 3.50. The fraction of sp³-hybridized carbons (Fsp3) is 0.500. The van der Waals surface area contributed by atoms with Crippen LogP contribution in [0.25, 0.3) is 0 Å². The molecule has 0 spiro atoms. The Labute approximate surface area is 123 Å². The fourth-order valence-electron chi connectivity index (χ4n) is 2.36. The predicted molar refractivity (Wildman–Crippen MR) is 82.1 cm³/mol. The number of nitrogens with one attached hydrogen (secondary N) is 1. The minimum absolute atomic E-state index is 0.311. The van der Waals surface area contributed by atoms with E-state index in [1.807, 2.05) is 14.0 Å². The molecule has 0 bridgehead atoms. The van der Waals surface area contributed by atoms with Crippen molar-refractivity contribution in [1.29, 1.82) is 0 Å². The highest BCUT2D eigenvalue weighted by Crippen LogP contribution is 2.30. The zero-order valence-corrected chi connectivity index (χ0v) is 13.4. The van der Waals surface area contributed by atoms with Crippen LogP contribution in [0, 0.1) is 13.8 Å². The standard InChI is InChI=1S/C14H20ClN3S/c1-5-16-12(13-9(2)6-7-19-13)8-11-10(3)17-18(4)14(11)15/h6-7,12,16H,5,8H2,1-4H3. The van der Waals surface area contributed by atoms with Gasteiger partial charge in [-0.1, -0.05) is 18.5 Å². The molecule has 0 radical (unpaired) electrons. The highest BCUT2D eigenvalue weighted by molar-refractivity contribution is 7.10. The Morgan fingerprint density at radius 3 is 2.68 bits per heavy atom. The molecule has 0 saturated heterocycles. The van der Waals surface area contributed by atoms with E-state index in [9.17, 15) is 0 Å². The van der Waals surface area contributed by atoms with Crippen LogP contribution in [0.3, 0.4) is 0 Å². The van der Waals surface area contributed by atoms with E-state index < -0.39 is 0 Å². The third kappa shape index (κ3) is 3.02. The number of halogens is 1. The van der Waals surface area contributed by atoms with Gasteiger partial charge in [0.2, 0.25) is 0 Å². The van der Waals surface area contributed by atoms with E-state index in [0.29, 0.717) is 6.04 Å². The van der Waals surface area contributed by atoms with E-state index in [-0.39, 0.29) is 0 Å². The molecule has 0 aliphatic carbocycles. The molecule has 2 heterocycles. The monoisotopic (exact) mass is 297 g/mol. The molecule has 0 aliphatic rings. The van der Waals surface area contributed by atoms with Crippen molar-refractivity contribution in [1.82, 2.24) is 15.1 Å². The lowest BCUT2D eigenvalue weighted by molar-refractivity contribution is 0.555. The normalized spacial score (nSPS) is 12.9. The van der Waals surface area contributed by atoms with Gasteiger partial charge < -0.3 is 5.32 Å². The average molecular weight is 298 g/mol. The maximum absolute atomic E-state index is 6.34. The van der Waals surface area contributed by atoms with E-state index in [2.05, 4.69) is 35.7 Å². The Balaban J connectivity index is 2.29. The smallest absolute Gasteiger partial charge is 0.130 e. The van der Waals surface area contributed by atoms with Crippen molar-refractivity contribution >= 4 is 22.9 Å². The first kappa shape index (κ1) is 14.6. The van der Waals surface area contributed by atoms with Crippen molar-refractivity contribution in [2.45, 2.75) is 33.2 Å². The van der Waals surface area contributed by atoms with Gasteiger partial charge >= 0.3 is 0 Å². The minimum atomic E-state index is 0.311. The van der Waals surface area contributed by atoms with Gasteiger partial charge in [0.1, 0.15) is 5.15 Å². The third-order valence-electron chi connectivity index (χ3n) is 3.35. The van der Waals surface area contributed by atoms with Gasteiger partial charge in [0.25, 0.3) is 0 Å². The summed E-state index contributed by atoms with van der Waals surface area (Å²) in [6, 6.07) is 2.48. The number of likely N-dealkylation sites (N-methyl/N-ethyl adjacent to an activating group) is 1. The third-order valence-corrected chi connectivity index (χ3v) is 4.95. The molecule has 1 N–H and O–H groups in total. The predicted octanol–water partition coefficient (Wildman–Crippen LogP) is 3.65. The van der Waals surface area contributed by atoms with Gasteiger partial charge in [-0.05, 0) is 43.8 Å². The first-order valence-corrected chi connectivity index (χ1v) is 7.75. The van der Waals surface area contributed by atoms with Crippen LogP contribution in [-0.4, -0.2) is 16.3 Å². The number of thiophene rings is 1. The lowest BCUT2D eigenvalue weighted by Gasteiger charge is -2.17. The van der Waals surface area contributed by atoms with Crippen LogP contribution in [0.2, 0.25) is 5.15 Å². The maximum atomic E-state index is 6.34. The summed E-state index contributed by atoms with van der Waals surface area (Å²) >= 11 is 8.14. The van der Waals surface area contributed by atoms with Gasteiger partial charge in [0, 0.05) is 23.5 Å². The molecule has 104 valence electrons. The molecule has 5 heteroatoms. The number of hydrogen-bond acceptors (Lipinski definition) is 3. The van der Waals surface area contributed by atoms with Gasteiger partial charge in [-0.25, -0.2) is 0 Å². The largest absolute Gasteiger partial charge is 0.309 e. The van der Waals surface area contributed by atoms with E-state index in [0.717, 1.165) is 29.4 Å². The first-order valence-electron chi connectivity index (χ1n) is 6.50. The second kappa shape index (κ2) is 6.07. The van der Waals surface area contributed by atoms with Crippen molar-refractivity contribution in [3.05, 3.63) is 38.3 Å². The van der Waals surface area contributed by atoms with Gasteiger partial charge in [0.05, 0.1) is 5.69 Å². The Kier molecular flexibility index (Phi) is 4.66. The zero-order chi connectivity index (χ0) is 14.0. The van der Waals surface area contributed by atoms with Crippen LogP contribution < -0.4 is 5.32 Å². The molecule has 0 fully saturated rings.